The van der Waals surface area contributed by atoms with Gasteiger partial charge < -0.3 is 15.1 Å². The molecular weight excluding hydrogens is 402 g/mol. The summed E-state index contributed by atoms with van der Waals surface area (Å²) >= 11 is 0. The van der Waals surface area contributed by atoms with Crippen molar-refractivity contribution < 1.29 is 19.8 Å². The average molecular weight is 440 g/mol. The fraction of sp³-hybridized carbons (Fsp3) is 0.556. The molecule has 5 heteroatoms. The molecule has 0 radical (unpaired) electrons. The summed E-state index contributed by atoms with van der Waals surface area (Å²) in [6.45, 7) is 2.69. The first-order valence-corrected chi connectivity index (χ1v) is 11.8. The van der Waals surface area contributed by atoms with E-state index in [1.165, 1.54) is 5.56 Å². The molecule has 174 valence electrons. The summed E-state index contributed by atoms with van der Waals surface area (Å²) in [4.78, 5) is 24.7. The summed E-state index contributed by atoms with van der Waals surface area (Å²) in [6, 6.07) is 10.3. The normalized spacial score (nSPS) is 17.9. The fourth-order valence-corrected chi connectivity index (χ4v) is 3.88. The van der Waals surface area contributed by atoms with Crippen LogP contribution in [-0.4, -0.2) is 45.7 Å². The van der Waals surface area contributed by atoms with Crippen LogP contribution in [0.1, 0.15) is 70.3 Å². The number of carbonyl (C=O) groups excluding carboxylic acids is 1. The van der Waals surface area contributed by atoms with E-state index in [4.69, 9.17) is 5.11 Å². The molecule has 2 rings (SSSR count). The van der Waals surface area contributed by atoms with Gasteiger partial charge in [0.25, 0.3) is 0 Å². The predicted molar refractivity (Wildman–Crippen MR) is 127 cm³/mol. The van der Waals surface area contributed by atoms with Gasteiger partial charge in [-0.3, -0.25) is 9.59 Å². The number of likely N-dealkylation sites (tertiary alicyclic amines) is 1. The van der Waals surface area contributed by atoms with Gasteiger partial charge in [-0.1, -0.05) is 62.2 Å². The van der Waals surface area contributed by atoms with Crippen LogP contribution in [0.2, 0.25) is 0 Å². The van der Waals surface area contributed by atoms with Gasteiger partial charge in [-0.05, 0) is 37.2 Å². The molecule has 0 bridgehead atoms. The van der Waals surface area contributed by atoms with Crippen LogP contribution >= 0.6 is 0 Å². The van der Waals surface area contributed by atoms with Gasteiger partial charge in [0.05, 0.1) is 12.1 Å². The molecule has 1 saturated heterocycles. The van der Waals surface area contributed by atoms with Gasteiger partial charge in [-0.2, -0.15) is 0 Å². The number of aliphatic hydroxyl groups excluding tert-OH is 1. The van der Waals surface area contributed by atoms with E-state index in [1.54, 1.807) is 0 Å². The molecule has 1 aliphatic rings. The Kier molecular flexibility index (Phi) is 11.6. The maximum Gasteiger partial charge on any atom is 0.303 e. The third-order valence-corrected chi connectivity index (χ3v) is 5.96. The Morgan fingerprint density at radius 1 is 1.19 bits per heavy atom. The molecule has 1 unspecified atom stereocenters. The fourth-order valence-electron chi connectivity index (χ4n) is 3.88. The second-order valence-corrected chi connectivity index (χ2v) is 8.65. The first-order chi connectivity index (χ1) is 15.5. The molecule has 0 saturated carbocycles. The monoisotopic (exact) mass is 439 g/mol. The van der Waals surface area contributed by atoms with Crippen molar-refractivity contribution in [3.8, 4) is 11.8 Å². The zero-order chi connectivity index (χ0) is 23.2. The molecule has 1 amide bonds. The second-order valence-electron chi connectivity index (χ2n) is 8.65. The highest BCUT2D eigenvalue weighted by Crippen LogP contribution is 2.22. The molecule has 1 heterocycles. The van der Waals surface area contributed by atoms with E-state index in [9.17, 15) is 14.7 Å². The minimum Gasteiger partial charge on any atom is -0.481 e. The number of hydrogen-bond acceptors (Lipinski definition) is 3. The molecule has 3 atom stereocenters. The molecule has 1 aromatic carbocycles. The maximum absolute atomic E-state index is 12.2. The van der Waals surface area contributed by atoms with Gasteiger partial charge in [0, 0.05) is 32.2 Å². The lowest BCUT2D eigenvalue weighted by atomic mass is 9.99. The van der Waals surface area contributed by atoms with Gasteiger partial charge in [-0.15, -0.1) is 11.8 Å². The van der Waals surface area contributed by atoms with E-state index in [0.717, 1.165) is 38.5 Å². The van der Waals surface area contributed by atoms with Gasteiger partial charge in [0.1, 0.15) is 0 Å². The summed E-state index contributed by atoms with van der Waals surface area (Å²) in [6.07, 6.45) is 10.5. The third-order valence-electron chi connectivity index (χ3n) is 5.96. The Morgan fingerprint density at radius 3 is 2.69 bits per heavy atom. The summed E-state index contributed by atoms with van der Waals surface area (Å²) in [5, 5.41) is 19.2. The van der Waals surface area contributed by atoms with E-state index >= 15 is 0 Å². The first kappa shape index (κ1) is 25.7. The van der Waals surface area contributed by atoms with Crippen LogP contribution in [-0.2, 0) is 16.0 Å². The SMILES string of the molecule is C[C@H](CC#CCCc1ccccc1)[C@H](O)/C=C/C1CCC(=O)N1CCCCCCC(=O)O. The summed E-state index contributed by atoms with van der Waals surface area (Å²) in [5.41, 5.74) is 1.29. The molecule has 0 spiro atoms. The van der Waals surface area contributed by atoms with Crippen molar-refractivity contribution in [2.24, 2.45) is 5.92 Å². The number of aliphatic carboxylic acids is 1. The molecule has 1 aliphatic heterocycles. The van der Waals surface area contributed by atoms with Crippen LogP contribution in [0.25, 0.3) is 0 Å². The molecule has 0 aliphatic carbocycles. The third kappa shape index (κ3) is 9.70. The lowest BCUT2D eigenvalue weighted by Crippen LogP contribution is -2.33. The number of hydrogen-bond donors (Lipinski definition) is 2. The van der Waals surface area contributed by atoms with Crippen molar-refractivity contribution in [2.45, 2.75) is 83.3 Å². The Labute approximate surface area is 192 Å². The first-order valence-electron chi connectivity index (χ1n) is 11.8. The standard InChI is InChI=1S/C27H37NO4/c1-22(12-6-4-7-13-23-14-8-5-9-15-23)25(29)19-17-24-18-20-26(30)28(24)21-11-3-2-10-16-27(31)32/h5,8-9,14-15,17,19,22,24-25,29H,2-3,7,10-13,16,18,20-21H2,1H3,(H,31,32)/b19-17+/t22-,24?,25-/m1/s1. The second kappa shape index (κ2) is 14.5. The lowest BCUT2D eigenvalue weighted by Gasteiger charge is -2.23. The van der Waals surface area contributed by atoms with E-state index in [0.29, 0.717) is 25.8 Å². The Morgan fingerprint density at radius 2 is 1.94 bits per heavy atom. The van der Waals surface area contributed by atoms with Crippen molar-refractivity contribution in [2.75, 3.05) is 6.54 Å². The number of carboxylic acids is 1. The number of nitrogens with zero attached hydrogens (tertiary/aromatic N) is 1. The van der Waals surface area contributed by atoms with Crippen molar-refractivity contribution in [1.82, 2.24) is 4.90 Å². The number of aryl methyl sites for hydroxylation is 1. The number of benzene rings is 1. The summed E-state index contributed by atoms with van der Waals surface area (Å²) in [5.74, 6) is 5.84. The smallest absolute Gasteiger partial charge is 0.303 e. The average Bonchev–Trinajstić information content (AvgIpc) is 3.13. The van der Waals surface area contributed by atoms with E-state index in [2.05, 4.69) is 24.0 Å². The van der Waals surface area contributed by atoms with Gasteiger partial charge >= 0.3 is 5.97 Å². The zero-order valence-corrected chi connectivity index (χ0v) is 19.2. The minimum absolute atomic E-state index is 0.0373. The van der Waals surface area contributed by atoms with E-state index < -0.39 is 12.1 Å². The van der Waals surface area contributed by atoms with Crippen LogP contribution in [0.3, 0.4) is 0 Å². The molecule has 0 aromatic heterocycles. The van der Waals surface area contributed by atoms with Gasteiger partial charge in [-0.25, -0.2) is 0 Å². The van der Waals surface area contributed by atoms with Crippen LogP contribution < -0.4 is 0 Å². The number of carboxylic acid groups (broad SMARTS) is 1. The topological polar surface area (TPSA) is 77.8 Å². The molecule has 5 nitrogen and oxygen atoms in total. The van der Waals surface area contributed by atoms with Crippen molar-refractivity contribution >= 4 is 11.9 Å². The van der Waals surface area contributed by atoms with Crippen molar-refractivity contribution in [3.05, 3.63) is 48.0 Å². The molecular formula is C27H37NO4. The molecule has 32 heavy (non-hydrogen) atoms. The highest BCUT2D eigenvalue weighted by Gasteiger charge is 2.28. The van der Waals surface area contributed by atoms with Gasteiger partial charge in [0.15, 0.2) is 0 Å². The Hall–Kier alpha value is -2.58. The molecule has 2 N–H and O–H groups in total. The Balaban J connectivity index is 1.69. The maximum atomic E-state index is 12.2. The van der Waals surface area contributed by atoms with Crippen LogP contribution in [0.15, 0.2) is 42.5 Å². The van der Waals surface area contributed by atoms with Crippen molar-refractivity contribution in [3.63, 3.8) is 0 Å². The van der Waals surface area contributed by atoms with Crippen LogP contribution in [0, 0.1) is 17.8 Å². The number of carbonyl (C=O) groups is 2. The van der Waals surface area contributed by atoms with Crippen molar-refractivity contribution in [1.29, 1.82) is 0 Å². The largest absolute Gasteiger partial charge is 0.481 e. The van der Waals surface area contributed by atoms with E-state index in [-0.39, 0.29) is 24.3 Å². The molecule has 1 fully saturated rings. The number of rotatable bonds is 13. The summed E-state index contributed by atoms with van der Waals surface area (Å²) < 4.78 is 0. The predicted octanol–water partition coefficient (Wildman–Crippen LogP) is 4.59. The Bertz CT molecular complexity index is 793. The quantitative estimate of drug-likeness (QED) is 0.268. The minimum atomic E-state index is -0.754. The highest BCUT2D eigenvalue weighted by atomic mass is 16.4. The highest BCUT2D eigenvalue weighted by molar-refractivity contribution is 5.79. The number of aliphatic hydroxyl groups is 1. The number of amides is 1. The summed E-state index contributed by atoms with van der Waals surface area (Å²) in [7, 11) is 0. The zero-order valence-electron chi connectivity index (χ0n) is 19.2. The lowest BCUT2D eigenvalue weighted by molar-refractivity contribution is -0.137. The van der Waals surface area contributed by atoms with Crippen LogP contribution in [0.5, 0.6) is 0 Å². The van der Waals surface area contributed by atoms with E-state index in [1.807, 2.05) is 42.2 Å². The van der Waals surface area contributed by atoms with Crippen LogP contribution in [0.4, 0.5) is 0 Å². The number of unbranched alkanes of at least 4 members (excludes halogenated alkanes) is 3. The molecule has 1 aromatic rings. The van der Waals surface area contributed by atoms with Gasteiger partial charge in [0.2, 0.25) is 5.91 Å².